The van der Waals surface area contributed by atoms with Crippen LogP contribution in [0.1, 0.15) is 31.7 Å². The first-order valence-electron chi connectivity index (χ1n) is 6.47. The molecule has 0 saturated carbocycles. The van der Waals surface area contributed by atoms with E-state index in [1.807, 2.05) is 24.3 Å². The molecule has 0 atom stereocenters. The molecule has 5 heteroatoms. The minimum absolute atomic E-state index is 0.141. The summed E-state index contributed by atoms with van der Waals surface area (Å²) in [6.45, 7) is 2.55. The fraction of sp³-hybridized carbons (Fsp3) is 0.429. The standard InChI is InChI=1S/C14H20N2O3/c1-2-11-6-8-12(9-7-11)16-14(19)15-10-4-3-5-13(17)18/h6-9H,2-5,10H2,1H3,(H,17,18)(H2,15,16,19). The van der Waals surface area contributed by atoms with Crippen molar-refractivity contribution in [3.8, 4) is 0 Å². The van der Waals surface area contributed by atoms with Crippen LogP contribution in [0.2, 0.25) is 0 Å². The van der Waals surface area contributed by atoms with Crippen LogP contribution in [0.3, 0.4) is 0 Å². The lowest BCUT2D eigenvalue weighted by molar-refractivity contribution is -0.137. The molecule has 0 aromatic heterocycles. The number of carbonyl (C=O) groups is 2. The second kappa shape index (κ2) is 8.13. The van der Waals surface area contributed by atoms with Gasteiger partial charge in [-0.25, -0.2) is 4.79 Å². The van der Waals surface area contributed by atoms with Crippen LogP contribution in [0, 0.1) is 0 Å². The SMILES string of the molecule is CCc1ccc(NC(=O)NCCCCC(=O)O)cc1. The third-order valence-corrected chi connectivity index (χ3v) is 2.72. The van der Waals surface area contributed by atoms with E-state index in [1.54, 1.807) is 0 Å². The minimum atomic E-state index is -0.805. The van der Waals surface area contributed by atoms with Gasteiger partial charge in [-0.1, -0.05) is 19.1 Å². The average molecular weight is 264 g/mol. The summed E-state index contributed by atoms with van der Waals surface area (Å²) in [6, 6.07) is 7.41. The van der Waals surface area contributed by atoms with E-state index in [2.05, 4.69) is 17.6 Å². The van der Waals surface area contributed by atoms with Crippen LogP contribution >= 0.6 is 0 Å². The number of urea groups is 1. The molecular weight excluding hydrogens is 244 g/mol. The topological polar surface area (TPSA) is 78.4 Å². The first-order chi connectivity index (χ1) is 9.11. The van der Waals surface area contributed by atoms with Crippen molar-refractivity contribution in [3.63, 3.8) is 0 Å². The summed E-state index contributed by atoms with van der Waals surface area (Å²) in [7, 11) is 0. The van der Waals surface area contributed by atoms with Gasteiger partial charge in [0.05, 0.1) is 0 Å². The quantitative estimate of drug-likeness (QED) is 0.662. The van der Waals surface area contributed by atoms with Gasteiger partial charge in [-0.05, 0) is 37.0 Å². The maximum absolute atomic E-state index is 11.5. The molecule has 0 bridgehead atoms. The number of hydrogen-bond donors (Lipinski definition) is 3. The molecule has 0 heterocycles. The maximum Gasteiger partial charge on any atom is 0.319 e. The normalized spacial score (nSPS) is 9.95. The van der Waals surface area contributed by atoms with Gasteiger partial charge in [-0.15, -0.1) is 0 Å². The van der Waals surface area contributed by atoms with Crippen LogP contribution in [0.25, 0.3) is 0 Å². The average Bonchev–Trinajstić information content (AvgIpc) is 2.39. The predicted molar refractivity (Wildman–Crippen MR) is 74.3 cm³/mol. The Bertz CT molecular complexity index is 415. The molecule has 0 fully saturated rings. The molecule has 0 spiro atoms. The summed E-state index contributed by atoms with van der Waals surface area (Å²) in [5.74, 6) is -0.805. The van der Waals surface area contributed by atoms with Crippen LogP contribution in [0.15, 0.2) is 24.3 Å². The Balaban J connectivity index is 2.21. The minimum Gasteiger partial charge on any atom is -0.481 e. The van der Waals surface area contributed by atoms with Crippen LogP contribution in [0.4, 0.5) is 10.5 Å². The van der Waals surface area contributed by atoms with Gasteiger partial charge in [0.25, 0.3) is 0 Å². The molecule has 5 nitrogen and oxygen atoms in total. The van der Waals surface area contributed by atoms with E-state index in [-0.39, 0.29) is 12.5 Å². The number of hydrogen-bond acceptors (Lipinski definition) is 2. The number of anilines is 1. The van der Waals surface area contributed by atoms with E-state index in [9.17, 15) is 9.59 Å². The highest BCUT2D eigenvalue weighted by atomic mass is 16.4. The first-order valence-corrected chi connectivity index (χ1v) is 6.47. The summed E-state index contributed by atoms with van der Waals surface area (Å²) in [6.07, 6.45) is 2.34. The number of benzene rings is 1. The number of carboxylic acid groups (broad SMARTS) is 1. The Hall–Kier alpha value is -2.04. The zero-order valence-electron chi connectivity index (χ0n) is 11.1. The number of amides is 2. The first kappa shape index (κ1) is 15.0. The zero-order valence-corrected chi connectivity index (χ0v) is 11.1. The van der Waals surface area contributed by atoms with Crippen molar-refractivity contribution in [2.45, 2.75) is 32.6 Å². The molecule has 2 amide bonds. The molecule has 0 aliphatic rings. The fourth-order valence-electron chi connectivity index (χ4n) is 1.60. The van der Waals surface area contributed by atoms with Crippen molar-refractivity contribution >= 4 is 17.7 Å². The second-order valence-electron chi connectivity index (χ2n) is 4.28. The maximum atomic E-state index is 11.5. The van der Waals surface area contributed by atoms with E-state index in [0.717, 1.165) is 12.1 Å². The summed E-state index contributed by atoms with van der Waals surface area (Å²) >= 11 is 0. The van der Waals surface area contributed by atoms with Crippen LogP contribution < -0.4 is 10.6 Å². The number of nitrogens with one attached hydrogen (secondary N) is 2. The molecule has 0 unspecified atom stereocenters. The molecule has 1 aromatic rings. The Morgan fingerprint density at radius 1 is 1.16 bits per heavy atom. The van der Waals surface area contributed by atoms with E-state index < -0.39 is 5.97 Å². The van der Waals surface area contributed by atoms with Gasteiger partial charge < -0.3 is 15.7 Å². The highest BCUT2D eigenvalue weighted by Crippen LogP contribution is 2.09. The summed E-state index contributed by atoms with van der Waals surface area (Å²) in [4.78, 5) is 21.8. The van der Waals surface area contributed by atoms with Crippen LogP contribution in [-0.4, -0.2) is 23.7 Å². The van der Waals surface area contributed by atoms with Crippen molar-refractivity contribution in [3.05, 3.63) is 29.8 Å². The molecule has 3 N–H and O–H groups in total. The van der Waals surface area contributed by atoms with Crippen molar-refractivity contribution in [2.75, 3.05) is 11.9 Å². The molecule has 104 valence electrons. The molecule has 0 saturated heterocycles. The zero-order chi connectivity index (χ0) is 14.1. The summed E-state index contributed by atoms with van der Waals surface area (Å²) in [5.41, 5.74) is 1.97. The Morgan fingerprint density at radius 2 is 1.84 bits per heavy atom. The van der Waals surface area contributed by atoms with Crippen LogP contribution in [-0.2, 0) is 11.2 Å². The molecule has 1 aromatic carbocycles. The number of rotatable bonds is 7. The number of carboxylic acids is 1. The van der Waals surface area contributed by atoms with Gasteiger partial charge in [-0.3, -0.25) is 4.79 Å². The van der Waals surface area contributed by atoms with E-state index in [4.69, 9.17) is 5.11 Å². The smallest absolute Gasteiger partial charge is 0.319 e. The Morgan fingerprint density at radius 3 is 2.42 bits per heavy atom. The summed E-state index contributed by atoms with van der Waals surface area (Å²) < 4.78 is 0. The number of aryl methyl sites for hydroxylation is 1. The molecule has 0 aliphatic heterocycles. The van der Waals surface area contributed by atoms with Gasteiger partial charge in [0, 0.05) is 18.7 Å². The monoisotopic (exact) mass is 264 g/mol. The van der Waals surface area contributed by atoms with Crippen molar-refractivity contribution < 1.29 is 14.7 Å². The highest BCUT2D eigenvalue weighted by Gasteiger charge is 2.01. The molecule has 0 aliphatic carbocycles. The van der Waals surface area contributed by atoms with E-state index in [1.165, 1.54) is 5.56 Å². The lowest BCUT2D eigenvalue weighted by Gasteiger charge is -2.07. The van der Waals surface area contributed by atoms with Crippen molar-refractivity contribution in [1.29, 1.82) is 0 Å². The van der Waals surface area contributed by atoms with Gasteiger partial charge in [-0.2, -0.15) is 0 Å². The predicted octanol–water partition coefficient (Wildman–Crippen LogP) is 2.63. The number of unbranched alkanes of at least 4 members (excludes halogenated alkanes) is 1. The lowest BCUT2D eigenvalue weighted by atomic mass is 10.1. The molecule has 0 radical (unpaired) electrons. The van der Waals surface area contributed by atoms with Gasteiger partial charge in [0.2, 0.25) is 0 Å². The fourth-order valence-corrected chi connectivity index (χ4v) is 1.60. The third kappa shape index (κ3) is 6.45. The van der Waals surface area contributed by atoms with Crippen molar-refractivity contribution in [2.24, 2.45) is 0 Å². The second-order valence-corrected chi connectivity index (χ2v) is 4.28. The number of aliphatic carboxylic acids is 1. The molecular formula is C14H20N2O3. The Kier molecular flexibility index (Phi) is 6.43. The summed E-state index contributed by atoms with van der Waals surface area (Å²) in [5, 5.41) is 13.9. The molecule has 1 rings (SSSR count). The number of carbonyl (C=O) groups excluding carboxylic acids is 1. The molecule has 19 heavy (non-hydrogen) atoms. The highest BCUT2D eigenvalue weighted by molar-refractivity contribution is 5.89. The van der Waals surface area contributed by atoms with E-state index >= 15 is 0 Å². The lowest BCUT2D eigenvalue weighted by Crippen LogP contribution is -2.29. The van der Waals surface area contributed by atoms with Crippen LogP contribution in [0.5, 0.6) is 0 Å². The van der Waals surface area contributed by atoms with Gasteiger partial charge in [0.15, 0.2) is 0 Å². The van der Waals surface area contributed by atoms with Crippen molar-refractivity contribution in [1.82, 2.24) is 5.32 Å². The van der Waals surface area contributed by atoms with Gasteiger partial charge >= 0.3 is 12.0 Å². The van der Waals surface area contributed by atoms with E-state index in [0.29, 0.717) is 19.4 Å². The Labute approximate surface area is 113 Å². The van der Waals surface area contributed by atoms with Gasteiger partial charge in [0.1, 0.15) is 0 Å². The third-order valence-electron chi connectivity index (χ3n) is 2.72. The largest absolute Gasteiger partial charge is 0.481 e.